The Morgan fingerprint density at radius 1 is 0.756 bits per heavy atom. The van der Waals surface area contributed by atoms with E-state index in [-0.39, 0.29) is 17.6 Å². The molecule has 7 nitrogen and oxygen atoms in total. The van der Waals surface area contributed by atoms with E-state index in [2.05, 4.69) is 34.3 Å². The Morgan fingerprint density at radius 3 is 1.71 bits per heavy atom. The Morgan fingerprint density at radius 2 is 1.24 bits per heavy atom. The maximum absolute atomic E-state index is 13.6. The Kier molecular flexibility index (Phi) is 8.85. The number of carbonyl (C=O) groups is 2. The number of methoxy groups -OCH3 is 2. The highest BCUT2D eigenvalue weighted by molar-refractivity contribution is 6.15. The zero-order valence-corrected chi connectivity index (χ0v) is 23.9. The molecule has 3 aromatic carbocycles. The van der Waals surface area contributed by atoms with Crippen LogP contribution >= 0.6 is 0 Å². The number of ketones is 1. The fourth-order valence-corrected chi connectivity index (χ4v) is 5.30. The van der Waals surface area contributed by atoms with E-state index in [1.807, 2.05) is 72.8 Å². The molecule has 2 aliphatic rings. The second kappa shape index (κ2) is 12.9. The molecule has 0 atom stereocenters. The van der Waals surface area contributed by atoms with Gasteiger partial charge in [-0.1, -0.05) is 24.3 Å². The summed E-state index contributed by atoms with van der Waals surface area (Å²) in [5.74, 6) is 0.999. The van der Waals surface area contributed by atoms with Gasteiger partial charge in [0, 0.05) is 54.6 Å². The molecule has 1 aliphatic carbocycles. The summed E-state index contributed by atoms with van der Waals surface area (Å²) in [6.45, 7) is 4.06. The fraction of sp³-hybridized carbons (Fsp3) is 0.294. The van der Waals surface area contributed by atoms with Gasteiger partial charge in [-0.25, -0.2) is 0 Å². The molecular formula is C34H37N3O4. The summed E-state index contributed by atoms with van der Waals surface area (Å²) in [6.07, 6.45) is 4.51. The lowest BCUT2D eigenvalue weighted by atomic mass is 9.79. The molecule has 1 heterocycles. The second-order valence-electron chi connectivity index (χ2n) is 10.6. The number of nitrogens with zero attached hydrogens (tertiary/aromatic N) is 2. The van der Waals surface area contributed by atoms with Crippen molar-refractivity contribution in [2.24, 2.45) is 5.92 Å². The van der Waals surface area contributed by atoms with Gasteiger partial charge >= 0.3 is 0 Å². The molecule has 0 radical (unpaired) electrons. The van der Waals surface area contributed by atoms with Crippen molar-refractivity contribution in [3.63, 3.8) is 0 Å². The first-order chi connectivity index (χ1) is 19.9. The van der Waals surface area contributed by atoms with E-state index in [0.717, 1.165) is 60.2 Å². The highest BCUT2D eigenvalue weighted by atomic mass is 16.5. The number of anilines is 2. The first-order valence-electron chi connectivity index (χ1n) is 14.0. The molecule has 0 aromatic heterocycles. The lowest BCUT2D eigenvalue weighted by Gasteiger charge is -2.34. The zero-order valence-electron chi connectivity index (χ0n) is 23.9. The minimum absolute atomic E-state index is 0.0304. The standard InChI is InChI=1S/C34H37N3O4/c1-36-16-18-37(19-17-36)30-10-8-29(9-11-30)35-34(39)28-22-26(20-24-4-12-31(40-2)13-5-24)33(38)27(23-28)21-25-6-14-32(41-3)15-7-25/h4-15,20-21,28H,16-19,22-23H2,1-3H3,(H,35,39)/b26-20+,27-21+. The van der Waals surface area contributed by atoms with Gasteiger partial charge in [-0.15, -0.1) is 0 Å². The van der Waals surface area contributed by atoms with Gasteiger partial charge in [-0.3, -0.25) is 9.59 Å². The van der Waals surface area contributed by atoms with Gasteiger partial charge in [-0.05, 0) is 91.7 Å². The van der Waals surface area contributed by atoms with Crippen molar-refractivity contribution < 1.29 is 19.1 Å². The molecule has 1 saturated carbocycles. The van der Waals surface area contributed by atoms with Crippen LogP contribution in [0.4, 0.5) is 11.4 Å². The predicted octanol–water partition coefficient (Wildman–Crippen LogP) is 5.54. The molecule has 3 aromatic rings. The minimum Gasteiger partial charge on any atom is -0.497 e. The number of likely N-dealkylation sites (N-methyl/N-ethyl adjacent to an activating group) is 1. The molecule has 7 heteroatoms. The van der Waals surface area contributed by atoms with Crippen LogP contribution in [0.5, 0.6) is 11.5 Å². The second-order valence-corrected chi connectivity index (χ2v) is 10.6. The van der Waals surface area contributed by atoms with Crippen molar-refractivity contribution in [1.82, 2.24) is 4.90 Å². The van der Waals surface area contributed by atoms with E-state index >= 15 is 0 Å². The smallest absolute Gasteiger partial charge is 0.228 e. The van der Waals surface area contributed by atoms with Crippen LogP contribution in [0.15, 0.2) is 83.9 Å². The van der Waals surface area contributed by atoms with Gasteiger partial charge in [-0.2, -0.15) is 0 Å². The first kappa shape index (κ1) is 28.2. The van der Waals surface area contributed by atoms with Gasteiger partial charge in [0.05, 0.1) is 14.2 Å². The number of rotatable bonds is 7. The Balaban J connectivity index is 1.36. The number of hydrogen-bond donors (Lipinski definition) is 1. The number of benzene rings is 3. The van der Waals surface area contributed by atoms with E-state index in [0.29, 0.717) is 24.0 Å². The highest BCUT2D eigenvalue weighted by Gasteiger charge is 2.32. The molecule has 0 bridgehead atoms. The van der Waals surface area contributed by atoms with Gasteiger partial charge < -0.3 is 24.6 Å². The number of allylic oxidation sites excluding steroid dienone is 2. The van der Waals surface area contributed by atoms with Gasteiger partial charge in [0.25, 0.3) is 0 Å². The van der Waals surface area contributed by atoms with Crippen LogP contribution in [0.25, 0.3) is 12.2 Å². The maximum Gasteiger partial charge on any atom is 0.228 e. The molecule has 0 unspecified atom stereocenters. The summed E-state index contributed by atoms with van der Waals surface area (Å²) in [4.78, 5) is 31.8. The van der Waals surface area contributed by atoms with Crippen LogP contribution in [0, 0.1) is 5.92 Å². The summed E-state index contributed by atoms with van der Waals surface area (Å²) >= 11 is 0. The summed E-state index contributed by atoms with van der Waals surface area (Å²) in [6, 6.07) is 23.2. The van der Waals surface area contributed by atoms with Crippen molar-refractivity contribution in [3.8, 4) is 11.5 Å². The normalized spacial score (nSPS) is 19.8. The van der Waals surface area contributed by atoms with E-state index in [1.165, 1.54) is 0 Å². The van der Waals surface area contributed by atoms with Crippen LogP contribution in [-0.4, -0.2) is 64.0 Å². The number of nitrogens with one attached hydrogen (secondary N) is 1. The van der Waals surface area contributed by atoms with Crippen LogP contribution in [0.3, 0.4) is 0 Å². The van der Waals surface area contributed by atoms with Crippen molar-refractivity contribution in [3.05, 3.63) is 95.1 Å². The molecule has 41 heavy (non-hydrogen) atoms. The summed E-state index contributed by atoms with van der Waals surface area (Å²) < 4.78 is 10.5. The summed E-state index contributed by atoms with van der Waals surface area (Å²) in [5.41, 5.74) is 4.93. The van der Waals surface area contributed by atoms with Gasteiger partial charge in [0.2, 0.25) is 5.91 Å². The fourth-order valence-electron chi connectivity index (χ4n) is 5.30. The van der Waals surface area contributed by atoms with Crippen molar-refractivity contribution in [2.75, 3.05) is 57.7 Å². The molecule has 2 fully saturated rings. The average Bonchev–Trinajstić information content (AvgIpc) is 3.00. The molecule has 1 saturated heterocycles. The number of hydrogen-bond acceptors (Lipinski definition) is 6. The van der Waals surface area contributed by atoms with E-state index < -0.39 is 0 Å². The van der Waals surface area contributed by atoms with Crippen molar-refractivity contribution in [2.45, 2.75) is 12.8 Å². The molecule has 0 spiro atoms. The third-order valence-corrected chi connectivity index (χ3v) is 7.80. The highest BCUT2D eigenvalue weighted by Crippen LogP contribution is 2.34. The van der Waals surface area contributed by atoms with E-state index in [1.54, 1.807) is 14.2 Å². The quantitative estimate of drug-likeness (QED) is 0.389. The van der Waals surface area contributed by atoms with Gasteiger partial charge in [0.15, 0.2) is 5.78 Å². The topological polar surface area (TPSA) is 71.1 Å². The molecular weight excluding hydrogens is 514 g/mol. The lowest BCUT2D eigenvalue weighted by Crippen LogP contribution is -2.44. The van der Waals surface area contributed by atoms with E-state index in [4.69, 9.17) is 9.47 Å². The summed E-state index contributed by atoms with van der Waals surface area (Å²) in [5, 5.41) is 3.10. The number of piperazine rings is 1. The number of Topliss-reactive ketones (excluding diaryl/α,β-unsaturated/α-hetero) is 1. The van der Waals surface area contributed by atoms with Gasteiger partial charge in [0.1, 0.15) is 11.5 Å². The van der Waals surface area contributed by atoms with E-state index in [9.17, 15) is 9.59 Å². The number of ether oxygens (including phenoxy) is 2. The molecule has 1 N–H and O–H groups in total. The van der Waals surface area contributed by atoms with Crippen molar-refractivity contribution >= 4 is 35.2 Å². The first-order valence-corrected chi connectivity index (χ1v) is 14.0. The Bertz CT molecular complexity index is 1350. The third-order valence-electron chi connectivity index (χ3n) is 7.80. The lowest BCUT2D eigenvalue weighted by molar-refractivity contribution is -0.120. The average molecular weight is 552 g/mol. The molecule has 1 aliphatic heterocycles. The van der Waals surface area contributed by atoms with Crippen LogP contribution < -0.4 is 19.7 Å². The largest absolute Gasteiger partial charge is 0.497 e. The SMILES string of the molecule is COc1ccc(/C=C2\CC(C(=O)Nc3ccc(N4CCN(C)CC4)cc3)C/C(=C\c3ccc(OC)cc3)C2=O)cc1. The van der Waals surface area contributed by atoms with Crippen LogP contribution in [0.2, 0.25) is 0 Å². The van der Waals surface area contributed by atoms with Crippen molar-refractivity contribution in [1.29, 1.82) is 0 Å². The molecule has 1 amide bonds. The summed E-state index contributed by atoms with van der Waals surface area (Å²) in [7, 11) is 5.39. The van der Waals surface area contributed by atoms with Crippen LogP contribution in [-0.2, 0) is 9.59 Å². The van der Waals surface area contributed by atoms with Crippen LogP contribution in [0.1, 0.15) is 24.0 Å². The zero-order chi connectivity index (χ0) is 28.8. The minimum atomic E-state index is -0.376. The molecule has 212 valence electrons. The third kappa shape index (κ3) is 7.05. The molecule has 5 rings (SSSR count). The Labute approximate surface area is 242 Å². The predicted molar refractivity (Wildman–Crippen MR) is 164 cm³/mol. The Hall–Kier alpha value is -4.36. The monoisotopic (exact) mass is 551 g/mol. The number of carbonyl (C=O) groups excluding carboxylic acids is 2. The maximum atomic E-state index is 13.6. The number of amides is 1.